The van der Waals surface area contributed by atoms with Gasteiger partial charge in [0.1, 0.15) is 6.33 Å². The molecule has 1 aromatic carbocycles. The van der Waals surface area contributed by atoms with Crippen LogP contribution in [0.2, 0.25) is 0 Å². The summed E-state index contributed by atoms with van der Waals surface area (Å²) in [6.07, 6.45) is 6.55. The number of carbonyl (C=O) groups is 1. The number of methoxy groups -OCH3 is 1. The number of rotatable bonds is 4. The van der Waals surface area contributed by atoms with Gasteiger partial charge >= 0.3 is 0 Å². The molecule has 34 heavy (non-hydrogen) atoms. The average Bonchev–Trinajstić information content (AvgIpc) is 3.25. The van der Waals surface area contributed by atoms with Gasteiger partial charge in [-0.15, -0.1) is 0 Å². The van der Waals surface area contributed by atoms with Gasteiger partial charge in [0, 0.05) is 18.7 Å². The zero-order chi connectivity index (χ0) is 24.1. The van der Waals surface area contributed by atoms with Crippen molar-refractivity contribution in [3.63, 3.8) is 0 Å². The van der Waals surface area contributed by atoms with Gasteiger partial charge in [-0.1, -0.05) is 26.3 Å². The van der Waals surface area contributed by atoms with Crippen LogP contribution >= 0.6 is 0 Å². The summed E-state index contributed by atoms with van der Waals surface area (Å²) in [6.45, 7) is 4.62. The van der Waals surface area contributed by atoms with Gasteiger partial charge in [-0.25, -0.2) is 15.0 Å². The third kappa shape index (κ3) is 3.07. The van der Waals surface area contributed by atoms with Crippen molar-refractivity contribution < 1.29 is 9.53 Å². The Balaban J connectivity index is 1.66. The molecular formula is C26H30N6O2. The number of guanidine groups is 1. The van der Waals surface area contributed by atoms with E-state index in [0.717, 1.165) is 36.8 Å². The van der Waals surface area contributed by atoms with Crippen molar-refractivity contribution in [3.8, 4) is 6.07 Å². The van der Waals surface area contributed by atoms with E-state index < -0.39 is 11.0 Å². The van der Waals surface area contributed by atoms with Gasteiger partial charge in [0.2, 0.25) is 0 Å². The Morgan fingerprint density at radius 2 is 2.15 bits per heavy atom. The maximum absolute atomic E-state index is 14.4. The van der Waals surface area contributed by atoms with Crippen molar-refractivity contribution in [2.45, 2.75) is 57.7 Å². The topological polar surface area (TPSA) is 117 Å². The van der Waals surface area contributed by atoms with Crippen LogP contribution in [0.15, 0.2) is 41.8 Å². The molecule has 0 saturated heterocycles. The molecule has 5 rings (SSSR count). The largest absolute Gasteiger partial charge is 0.381 e. The predicted molar refractivity (Wildman–Crippen MR) is 126 cm³/mol. The number of hydrogen-bond donors (Lipinski definition) is 1. The number of nitrogens with two attached hydrogens (primary N) is 1. The molecule has 1 aromatic heterocycles. The third-order valence-corrected chi connectivity index (χ3v) is 8.19. The van der Waals surface area contributed by atoms with Crippen LogP contribution in [0.1, 0.15) is 55.5 Å². The summed E-state index contributed by atoms with van der Waals surface area (Å²) in [5.41, 5.74) is 8.01. The van der Waals surface area contributed by atoms with Gasteiger partial charge in [0.05, 0.1) is 30.0 Å². The highest BCUT2D eigenvalue weighted by Crippen LogP contribution is 2.64. The molecule has 2 aromatic rings. The molecule has 5 atom stereocenters. The minimum atomic E-state index is -1.15. The summed E-state index contributed by atoms with van der Waals surface area (Å²) in [6, 6.07) is 9.68. The Morgan fingerprint density at radius 3 is 2.82 bits per heavy atom. The van der Waals surface area contributed by atoms with E-state index >= 15 is 0 Å². The summed E-state index contributed by atoms with van der Waals surface area (Å²) in [4.78, 5) is 29.2. The number of nitrogens with zero attached hydrogens (tertiary/aromatic N) is 5. The highest BCUT2D eigenvalue weighted by atomic mass is 16.5. The molecule has 176 valence electrons. The molecule has 1 fully saturated rings. The second-order valence-corrected chi connectivity index (χ2v) is 9.97. The van der Waals surface area contributed by atoms with E-state index in [1.807, 2.05) is 18.2 Å². The zero-order valence-corrected chi connectivity index (χ0v) is 19.9. The van der Waals surface area contributed by atoms with Crippen LogP contribution in [-0.4, -0.2) is 39.9 Å². The van der Waals surface area contributed by atoms with E-state index in [0.29, 0.717) is 17.2 Å². The lowest BCUT2D eigenvalue weighted by atomic mass is 9.56. The van der Waals surface area contributed by atoms with Crippen molar-refractivity contribution >= 4 is 11.9 Å². The number of carbonyl (C=O) groups excluding carboxylic acids is 1. The van der Waals surface area contributed by atoms with Gasteiger partial charge in [0.25, 0.3) is 5.91 Å². The standard InChI is InChI=1S/C26H30N6O2/c1-4-18-11-25(10-16(2)22(18)34-3)12-19-6-5-17(13-27)9-21(19)26(25)23(33)32(24(28)31-26)14-20-7-8-29-15-30-20/h5-9,15-16,18,22H,4,10-12,14H2,1-3H3,(H2,28,31)/t16-,18+,22+,25+,26+/m0/s1. The van der Waals surface area contributed by atoms with E-state index in [4.69, 9.17) is 15.5 Å². The number of nitriles is 1. The molecule has 0 bridgehead atoms. The van der Waals surface area contributed by atoms with E-state index in [2.05, 4.69) is 29.9 Å². The number of benzene rings is 1. The Kier molecular flexibility index (Phi) is 5.40. The molecule has 2 spiro atoms. The Bertz CT molecular complexity index is 1190. The summed E-state index contributed by atoms with van der Waals surface area (Å²) in [5.74, 6) is 0.629. The lowest BCUT2D eigenvalue weighted by Gasteiger charge is -2.51. The number of aliphatic imine (C=N–C) groups is 1. The lowest BCUT2D eigenvalue weighted by molar-refractivity contribution is -0.143. The lowest BCUT2D eigenvalue weighted by Crippen LogP contribution is -2.55. The van der Waals surface area contributed by atoms with E-state index in [1.54, 1.807) is 24.3 Å². The SMILES string of the molecule is CC[C@@H]1C[C@@]2(Cc3ccc(C#N)cc3[C@]23N=C(N)N(Cc2ccncn2)C3=O)C[C@H](C)[C@H]1OC. The van der Waals surface area contributed by atoms with Gasteiger partial charge in [-0.05, 0) is 60.4 Å². The first-order chi connectivity index (χ1) is 16.4. The molecule has 2 heterocycles. The van der Waals surface area contributed by atoms with Gasteiger partial charge < -0.3 is 10.5 Å². The molecular weight excluding hydrogens is 428 g/mol. The Hall–Kier alpha value is -3.31. The maximum atomic E-state index is 14.4. The smallest absolute Gasteiger partial charge is 0.262 e. The van der Waals surface area contributed by atoms with Crippen molar-refractivity contribution in [2.75, 3.05) is 7.11 Å². The first-order valence-electron chi connectivity index (χ1n) is 11.9. The molecule has 1 saturated carbocycles. The van der Waals surface area contributed by atoms with Crippen LogP contribution in [0, 0.1) is 28.6 Å². The Morgan fingerprint density at radius 1 is 1.32 bits per heavy atom. The first kappa shape index (κ1) is 22.5. The fraction of sp³-hybridized carbons (Fsp3) is 0.500. The minimum absolute atomic E-state index is 0.129. The van der Waals surface area contributed by atoms with Gasteiger partial charge in [-0.2, -0.15) is 5.26 Å². The van der Waals surface area contributed by atoms with E-state index in [-0.39, 0.29) is 30.4 Å². The highest BCUT2D eigenvalue weighted by molar-refractivity contribution is 6.08. The molecule has 0 radical (unpaired) electrons. The molecule has 8 heteroatoms. The molecule has 1 amide bonds. The second-order valence-electron chi connectivity index (χ2n) is 9.97. The number of hydrogen-bond acceptors (Lipinski definition) is 7. The number of ether oxygens (including phenoxy) is 1. The fourth-order valence-electron chi connectivity index (χ4n) is 6.88. The number of aromatic nitrogens is 2. The molecule has 0 unspecified atom stereocenters. The van der Waals surface area contributed by atoms with Crippen LogP contribution in [-0.2, 0) is 28.0 Å². The normalized spacial score (nSPS) is 32.2. The molecule has 3 aliphatic rings. The highest BCUT2D eigenvalue weighted by Gasteiger charge is 2.68. The monoisotopic (exact) mass is 458 g/mol. The van der Waals surface area contributed by atoms with Crippen LogP contribution in [0.4, 0.5) is 0 Å². The molecule has 8 nitrogen and oxygen atoms in total. The van der Waals surface area contributed by atoms with Gasteiger partial charge in [-0.3, -0.25) is 9.69 Å². The number of amides is 1. The van der Waals surface area contributed by atoms with Crippen molar-refractivity contribution in [2.24, 2.45) is 28.0 Å². The fourth-order valence-corrected chi connectivity index (χ4v) is 6.88. The summed E-state index contributed by atoms with van der Waals surface area (Å²) >= 11 is 0. The molecule has 1 aliphatic heterocycles. The van der Waals surface area contributed by atoms with Gasteiger partial charge in [0.15, 0.2) is 11.5 Å². The van der Waals surface area contributed by atoms with Crippen molar-refractivity contribution in [3.05, 3.63) is 59.2 Å². The first-order valence-corrected chi connectivity index (χ1v) is 11.9. The van der Waals surface area contributed by atoms with Crippen LogP contribution < -0.4 is 5.73 Å². The third-order valence-electron chi connectivity index (χ3n) is 8.19. The van der Waals surface area contributed by atoms with Crippen LogP contribution in [0.25, 0.3) is 0 Å². The quantitative estimate of drug-likeness (QED) is 0.753. The average molecular weight is 459 g/mol. The van der Waals surface area contributed by atoms with Crippen molar-refractivity contribution in [1.29, 1.82) is 5.26 Å². The van der Waals surface area contributed by atoms with Crippen LogP contribution in [0.3, 0.4) is 0 Å². The van der Waals surface area contributed by atoms with E-state index in [9.17, 15) is 10.1 Å². The maximum Gasteiger partial charge on any atom is 0.262 e. The zero-order valence-electron chi connectivity index (χ0n) is 19.9. The summed E-state index contributed by atoms with van der Waals surface area (Å²) in [5, 5.41) is 9.62. The predicted octanol–water partition coefficient (Wildman–Crippen LogP) is 2.91. The minimum Gasteiger partial charge on any atom is -0.381 e. The summed E-state index contributed by atoms with van der Waals surface area (Å²) < 4.78 is 5.91. The molecule has 2 N–H and O–H groups in total. The van der Waals surface area contributed by atoms with Crippen molar-refractivity contribution in [1.82, 2.24) is 14.9 Å². The number of fused-ring (bicyclic) bond motifs is 3. The second kappa shape index (κ2) is 8.17. The molecule has 2 aliphatic carbocycles. The Labute approximate surface area is 199 Å². The summed E-state index contributed by atoms with van der Waals surface area (Å²) in [7, 11) is 1.78. The van der Waals surface area contributed by atoms with Crippen LogP contribution in [0.5, 0.6) is 0 Å². The van der Waals surface area contributed by atoms with E-state index in [1.165, 1.54) is 6.33 Å².